The van der Waals surface area contributed by atoms with Crippen molar-refractivity contribution in [2.24, 2.45) is 0 Å². The van der Waals surface area contributed by atoms with Crippen molar-refractivity contribution in [3.05, 3.63) is 48.5 Å². The van der Waals surface area contributed by atoms with E-state index in [1.807, 2.05) is 16.9 Å². The van der Waals surface area contributed by atoms with E-state index < -0.39 is 0 Å². The van der Waals surface area contributed by atoms with Gasteiger partial charge in [0.1, 0.15) is 5.82 Å². The van der Waals surface area contributed by atoms with E-state index >= 15 is 0 Å². The third kappa shape index (κ3) is 5.77. The highest BCUT2D eigenvalue weighted by molar-refractivity contribution is 7.99. The molecular formula is C15H19FN4OS. The van der Waals surface area contributed by atoms with Crippen molar-refractivity contribution in [1.82, 2.24) is 20.4 Å². The molecule has 1 aromatic carbocycles. The van der Waals surface area contributed by atoms with Crippen LogP contribution in [0.3, 0.4) is 0 Å². The van der Waals surface area contributed by atoms with Crippen molar-refractivity contribution >= 4 is 17.8 Å². The number of carbonyl (C=O) groups excluding carboxylic acids is 1. The fourth-order valence-electron chi connectivity index (χ4n) is 1.83. The third-order valence-electron chi connectivity index (χ3n) is 2.89. The smallest absolute Gasteiger partial charge is 0.314 e. The van der Waals surface area contributed by atoms with E-state index in [4.69, 9.17) is 0 Å². The standard InChI is InChI=1S/C15H19FN4OS/c16-13-5-1-2-6-14(13)22-12-9-18-15(21)17-7-3-10-20-11-4-8-19-20/h1-2,4-6,8,11H,3,7,9-10,12H2,(H2,17,18,21). The highest BCUT2D eigenvalue weighted by Crippen LogP contribution is 2.20. The molecule has 0 saturated carbocycles. The second-order valence-corrected chi connectivity index (χ2v) is 5.72. The van der Waals surface area contributed by atoms with Gasteiger partial charge in [-0.25, -0.2) is 9.18 Å². The van der Waals surface area contributed by atoms with Crippen LogP contribution in [0.15, 0.2) is 47.6 Å². The number of rotatable bonds is 8. The van der Waals surface area contributed by atoms with E-state index in [9.17, 15) is 9.18 Å². The van der Waals surface area contributed by atoms with Gasteiger partial charge < -0.3 is 10.6 Å². The molecule has 1 heterocycles. The van der Waals surface area contributed by atoms with Gasteiger partial charge in [-0.2, -0.15) is 5.10 Å². The summed E-state index contributed by atoms with van der Waals surface area (Å²) in [7, 11) is 0. The Hall–Kier alpha value is -2.02. The monoisotopic (exact) mass is 322 g/mol. The number of nitrogens with one attached hydrogen (secondary N) is 2. The summed E-state index contributed by atoms with van der Waals surface area (Å²) in [5, 5.41) is 9.62. The summed E-state index contributed by atoms with van der Waals surface area (Å²) in [6.07, 6.45) is 4.44. The molecule has 1 aromatic heterocycles. The summed E-state index contributed by atoms with van der Waals surface area (Å²) in [6.45, 7) is 1.85. The number of urea groups is 1. The van der Waals surface area contributed by atoms with Gasteiger partial charge in [0.2, 0.25) is 0 Å². The molecule has 0 fully saturated rings. The van der Waals surface area contributed by atoms with Crippen molar-refractivity contribution in [2.45, 2.75) is 17.9 Å². The number of hydrogen-bond donors (Lipinski definition) is 2. The summed E-state index contributed by atoms with van der Waals surface area (Å²) in [6, 6.07) is 8.29. The molecule has 118 valence electrons. The number of hydrogen-bond acceptors (Lipinski definition) is 3. The van der Waals surface area contributed by atoms with Gasteiger partial charge in [0.15, 0.2) is 0 Å². The molecule has 0 atom stereocenters. The summed E-state index contributed by atoms with van der Waals surface area (Å²) in [5.41, 5.74) is 0. The van der Waals surface area contributed by atoms with E-state index in [2.05, 4.69) is 15.7 Å². The first-order valence-corrected chi connectivity index (χ1v) is 8.11. The Morgan fingerprint density at radius 3 is 2.82 bits per heavy atom. The Kier molecular flexibility index (Phi) is 6.76. The Balaban J connectivity index is 1.51. The number of nitrogens with zero attached hydrogens (tertiary/aromatic N) is 2. The first-order chi connectivity index (χ1) is 10.8. The third-order valence-corrected chi connectivity index (χ3v) is 3.94. The molecule has 0 unspecified atom stereocenters. The zero-order valence-corrected chi connectivity index (χ0v) is 13.0. The fraction of sp³-hybridized carbons (Fsp3) is 0.333. The lowest BCUT2D eigenvalue weighted by Crippen LogP contribution is -2.37. The molecule has 2 N–H and O–H groups in total. The predicted molar refractivity (Wildman–Crippen MR) is 85.4 cm³/mol. The SMILES string of the molecule is O=C(NCCCn1cccn1)NCCSc1ccccc1F. The van der Waals surface area contributed by atoms with Crippen molar-refractivity contribution in [2.75, 3.05) is 18.8 Å². The highest BCUT2D eigenvalue weighted by Gasteiger charge is 2.02. The summed E-state index contributed by atoms with van der Waals surface area (Å²) in [4.78, 5) is 12.2. The predicted octanol–water partition coefficient (Wildman–Crippen LogP) is 2.50. The molecule has 2 amide bonds. The van der Waals surface area contributed by atoms with Crippen LogP contribution in [0.1, 0.15) is 6.42 Å². The number of carbonyl (C=O) groups is 1. The Morgan fingerprint density at radius 1 is 1.23 bits per heavy atom. The normalized spacial score (nSPS) is 10.4. The lowest BCUT2D eigenvalue weighted by molar-refractivity contribution is 0.241. The molecule has 0 aliphatic heterocycles. The molecule has 0 bridgehead atoms. The topological polar surface area (TPSA) is 59.0 Å². The molecule has 0 radical (unpaired) electrons. The Morgan fingerprint density at radius 2 is 2.05 bits per heavy atom. The van der Waals surface area contributed by atoms with Crippen LogP contribution >= 0.6 is 11.8 Å². The van der Waals surface area contributed by atoms with E-state index in [-0.39, 0.29) is 11.8 Å². The van der Waals surface area contributed by atoms with Gasteiger partial charge in [0.05, 0.1) is 0 Å². The molecule has 2 rings (SSSR count). The number of benzene rings is 1. The molecular weight excluding hydrogens is 303 g/mol. The summed E-state index contributed by atoms with van der Waals surface area (Å²) < 4.78 is 15.2. The largest absolute Gasteiger partial charge is 0.338 e. The molecule has 0 spiro atoms. The quantitative estimate of drug-likeness (QED) is 0.580. The number of aryl methyl sites for hydroxylation is 1. The van der Waals surface area contributed by atoms with Gasteiger partial charge in [0.25, 0.3) is 0 Å². The number of amides is 2. The first-order valence-electron chi connectivity index (χ1n) is 7.12. The second-order valence-electron chi connectivity index (χ2n) is 4.58. The van der Waals surface area contributed by atoms with Crippen molar-refractivity contribution in [3.63, 3.8) is 0 Å². The second kappa shape index (κ2) is 9.09. The van der Waals surface area contributed by atoms with Crippen molar-refractivity contribution in [3.8, 4) is 0 Å². The van der Waals surface area contributed by atoms with Gasteiger partial charge in [-0.1, -0.05) is 12.1 Å². The average molecular weight is 322 g/mol. The van der Waals surface area contributed by atoms with E-state index in [0.29, 0.717) is 23.7 Å². The van der Waals surface area contributed by atoms with E-state index in [1.165, 1.54) is 17.8 Å². The van der Waals surface area contributed by atoms with Gasteiger partial charge in [0, 0.05) is 42.7 Å². The molecule has 22 heavy (non-hydrogen) atoms. The van der Waals surface area contributed by atoms with Crippen LogP contribution in [0.5, 0.6) is 0 Å². The molecule has 0 aliphatic rings. The van der Waals surface area contributed by atoms with E-state index in [1.54, 1.807) is 24.4 Å². The lowest BCUT2D eigenvalue weighted by atomic mass is 10.3. The molecule has 2 aromatic rings. The molecule has 7 heteroatoms. The highest BCUT2D eigenvalue weighted by atomic mass is 32.2. The minimum Gasteiger partial charge on any atom is -0.338 e. The summed E-state index contributed by atoms with van der Waals surface area (Å²) in [5.74, 6) is 0.400. The molecule has 0 saturated heterocycles. The zero-order chi connectivity index (χ0) is 15.6. The van der Waals surface area contributed by atoms with Gasteiger partial charge in [-0.3, -0.25) is 4.68 Å². The molecule has 5 nitrogen and oxygen atoms in total. The Labute approximate surface area is 133 Å². The molecule has 0 aliphatic carbocycles. The minimum atomic E-state index is -0.226. The average Bonchev–Trinajstić information content (AvgIpc) is 3.03. The summed E-state index contributed by atoms with van der Waals surface area (Å²) >= 11 is 1.39. The lowest BCUT2D eigenvalue weighted by Gasteiger charge is -2.08. The van der Waals surface area contributed by atoms with Gasteiger partial charge in [-0.05, 0) is 24.6 Å². The van der Waals surface area contributed by atoms with Crippen LogP contribution in [0, 0.1) is 5.82 Å². The van der Waals surface area contributed by atoms with E-state index in [0.717, 1.165) is 13.0 Å². The van der Waals surface area contributed by atoms with Gasteiger partial charge in [-0.15, -0.1) is 11.8 Å². The van der Waals surface area contributed by atoms with Crippen LogP contribution in [0.25, 0.3) is 0 Å². The van der Waals surface area contributed by atoms with Crippen molar-refractivity contribution in [1.29, 1.82) is 0 Å². The van der Waals surface area contributed by atoms with Crippen LogP contribution < -0.4 is 10.6 Å². The number of aromatic nitrogens is 2. The van der Waals surface area contributed by atoms with Crippen LogP contribution in [-0.4, -0.2) is 34.7 Å². The van der Waals surface area contributed by atoms with Crippen LogP contribution in [-0.2, 0) is 6.54 Å². The Bertz CT molecular complexity index is 577. The fourth-order valence-corrected chi connectivity index (χ4v) is 2.63. The maximum Gasteiger partial charge on any atom is 0.314 e. The minimum absolute atomic E-state index is 0.199. The maximum atomic E-state index is 13.4. The number of halogens is 1. The van der Waals surface area contributed by atoms with Gasteiger partial charge >= 0.3 is 6.03 Å². The van der Waals surface area contributed by atoms with Crippen LogP contribution in [0.2, 0.25) is 0 Å². The first kappa shape index (κ1) is 16.4. The van der Waals surface area contributed by atoms with Crippen molar-refractivity contribution < 1.29 is 9.18 Å². The zero-order valence-electron chi connectivity index (χ0n) is 12.2. The van der Waals surface area contributed by atoms with Crippen LogP contribution in [0.4, 0.5) is 9.18 Å². The number of thioether (sulfide) groups is 1. The maximum absolute atomic E-state index is 13.4.